The van der Waals surface area contributed by atoms with Gasteiger partial charge in [-0.2, -0.15) is 0 Å². The zero-order valence-corrected chi connectivity index (χ0v) is 16.7. The standard InChI is InChI=1S/C18H26Cl2NO3P/c19-16-7-6-14(8-17(16)20)18-10-24-15(9-21-18)12-25(22,23)11-13-4-2-1-3-5-13/h6-8,13,15,18,21H,1-5,9-12H2,(H,22,23)/t15-,18+/m1/s1. The Hall–Kier alpha value is -0.0900. The van der Waals surface area contributed by atoms with Crippen LogP contribution in [0.2, 0.25) is 10.0 Å². The molecule has 1 aromatic carbocycles. The summed E-state index contributed by atoms with van der Waals surface area (Å²) in [4.78, 5) is 10.4. The minimum Gasteiger partial charge on any atom is -0.374 e. The molecule has 3 rings (SSSR count). The van der Waals surface area contributed by atoms with Crippen LogP contribution in [0.25, 0.3) is 0 Å². The number of morpholine rings is 1. The molecular formula is C18H26Cl2NO3P. The third-order valence-corrected chi connectivity index (χ3v) is 8.00. The van der Waals surface area contributed by atoms with E-state index < -0.39 is 7.37 Å². The van der Waals surface area contributed by atoms with E-state index in [-0.39, 0.29) is 18.3 Å². The Balaban J connectivity index is 1.49. The Bertz CT molecular complexity index is 629. The Morgan fingerprint density at radius 2 is 1.92 bits per heavy atom. The first-order valence-corrected chi connectivity index (χ1v) is 11.8. The van der Waals surface area contributed by atoms with E-state index in [1.54, 1.807) is 6.07 Å². The van der Waals surface area contributed by atoms with Gasteiger partial charge in [-0.3, -0.25) is 4.57 Å². The highest BCUT2D eigenvalue weighted by Gasteiger charge is 2.31. The fourth-order valence-electron chi connectivity index (χ4n) is 3.85. The lowest BCUT2D eigenvalue weighted by Gasteiger charge is -2.32. The third kappa shape index (κ3) is 5.69. The van der Waals surface area contributed by atoms with Gasteiger partial charge in [0.05, 0.1) is 35.0 Å². The topological polar surface area (TPSA) is 58.6 Å². The molecule has 2 fully saturated rings. The molecule has 0 bridgehead atoms. The SMILES string of the molecule is O=P(O)(CC1CCCCC1)C[C@H]1CN[C@H](c2ccc(Cl)c(Cl)c2)CO1. The van der Waals surface area contributed by atoms with E-state index in [2.05, 4.69) is 5.32 Å². The number of hydrogen-bond acceptors (Lipinski definition) is 3. The Morgan fingerprint density at radius 3 is 2.56 bits per heavy atom. The number of nitrogens with one attached hydrogen (secondary N) is 1. The Kier molecular flexibility index (Phi) is 6.87. The van der Waals surface area contributed by atoms with Crippen molar-refractivity contribution < 1.29 is 14.2 Å². The maximum absolute atomic E-state index is 12.6. The molecule has 1 aliphatic carbocycles. The van der Waals surface area contributed by atoms with Gasteiger partial charge in [-0.1, -0.05) is 48.5 Å². The monoisotopic (exact) mass is 405 g/mol. The van der Waals surface area contributed by atoms with Crippen LogP contribution in [0.1, 0.15) is 43.7 Å². The lowest BCUT2D eigenvalue weighted by Crippen LogP contribution is -2.43. The van der Waals surface area contributed by atoms with Gasteiger partial charge in [0.2, 0.25) is 7.37 Å². The van der Waals surface area contributed by atoms with Crippen molar-refractivity contribution in [2.75, 3.05) is 25.5 Å². The Morgan fingerprint density at radius 1 is 1.16 bits per heavy atom. The second kappa shape index (κ2) is 8.73. The van der Waals surface area contributed by atoms with Crippen LogP contribution in [-0.4, -0.2) is 36.5 Å². The van der Waals surface area contributed by atoms with Crippen LogP contribution >= 0.6 is 30.6 Å². The normalized spacial score (nSPS) is 27.8. The van der Waals surface area contributed by atoms with Crippen LogP contribution in [0.15, 0.2) is 18.2 Å². The number of ether oxygens (including phenoxy) is 1. The van der Waals surface area contributed by atoms with Gasteiger partial charge in [-0.25, -0.2) is 0 Å². The fraction of sp³-hybridized carbons (Fsp3) is 0.667. The van der Waals surface area contributed by atoms with E-state index >= 15 is 0 Å². The van der Waals surface area contributed by atoms with Crippen molar-refractivity contribution in [2.24, 2.45) is 5.92 Å². The Labute approximate surface area is 159 Å². The molecule has 140 valence electrons. The highest BCUT2D eigenvalue weighted by molar-refractivity contribution is 7.58. The van der Waals surface area contributed by atoms with E-state index in [0.717, 1.165) is 18.4 Å². The van der Waals surface area contributed by atoms with Gasteiger partial charge in [0.1, 0.15) is 0 Å². The van der Waals surface area contributed by atoms with Gasteiger partial charge < -0.3 is 14.9 Å². The smallest absolute Gasteiger partial charge is 0.203 e. The van der Waals surface area contributed by atoms with Gasteiger partial charge in [-0.15, -0.1) is 0 Å². The van der Waals surface area contributed by atoms with Gasteiger partial charge in [0.15, 0.2) is 0 Å². The molecule has 0 aromatic heterocycles. The number of halogens is 2. The highest BCUT2D eigenvalue weighted by atomic mass is 35.5. The van der Waals surface area contributed by atoms with Crippen molar-refractivity contribution in [3.8, 4) is 0 Å². The summed E-state index contributed by atoms with van der Waals surface area (Å²) in [5.41, 5.74) is 1.02. The predicted molar refractivity (Wildman–Crippen MR) is 103 cm³/mol. The van der Waals surface area contributed by atoms with Crippen LogP contribution in [0, 0.1) is 5.92 Å². The first-order valence-electron chi connectivity index (χ1n) is 9.04. The lowest BCUT2D eigenvalue weighted by molar-refractivity contribution is 0.0156. The second-order valence-corrected chi connectivity index (χ2v) is 10.5. The molecule has 1 unspecified atom stereocenters. The number of hydrogen-bond donors (Lipinski definition) is 2. The van der Waals surface area contributed by atoms with Crippen molar-refractivity contribution in [1.82, 2.24) is 5.32 Å². The first-order chi connectivity index (χ1) is 11.9. The molecule has 2 N–H and O–H groups in total. The molecule has 4 nitrogen and oxygen atoms in total. The van der Waals surface area contributed by atoms with Crippen LogP contribution in [0.3, 0.4) is 0 Å². The average molecular weight is 406 g/mol. The molecular weight excluding hydrogens is 380 g/mol. The summed E-state index contributed by atoms with van der Waals surface area (Å²) in [5, 5.41) is 4.45. The highest BCUT2D eigenvalue weighted by Crippen LogP contribution is 2.46. The van der Waals surface area contributed by atoms with Crippen LogP contribution < -0.4 is 5.32 Å². The van der Waals surface area contributed by atoms with E-state index in [1.165, 1.54) is 19.3 Å². The molecule has 1 aliphatic heterocycles. The summed E-state index contributed by atoms with van der Waals surface area (Å²) >= 11 is 12.0. The van der Waals surface area contributed by atoms with Crippen molar-refractivity contribution in [3.05, 3.63) is 33.8 Å². The van der Waals surface area contributed by atoms with E-state index in [0.29, 0.717) is 35.3 Å². The van der Waals surface area contributed by atoms with Gasteiger partial charge in [-0.05, 0) is 36.5 Å². The quantitative estimate of drug-likeness (QED) is 0.685. The average Bonchev–Trinajstić information content (AvgIpc) is 2.58. The molecule has 0 radical (unpaired) electrons. The zero-order chi connectivity index (χ0) is 17.9. The number of rotatable bonds is 5. The van der Waals surface area contributed by atoms with E-state index in [4.69, 9.17) is 27.9 Å². The molecule has 1 heterocycles. The fourth-order valence-corrected chi connectivity index (χ4v) is 6.35. The van der Waals surface area contributed by atoms with Crippen LogP contribution in [-0.2, 0) is 9.30 Å². The summed E-state index contributed by atoms with van der Waals surface area (Å²) in [6.07, 6.45) is 6.31. The van der Waals surface area contributed by atoms with Crippen LogP contribution in [0.4, 0.5) is 0 Å². The molecule has 1 aromatic rings. The summed E-state index contributed by atoms with van der Waals surface area (Å²) in [6, 6.07) is 5.57. The van der Waals surface area contributed by atoms with E-state index in [9.17, 15) is 9.46 Å². The molecule has 25 heavy (non-hydrogen) atoms. The van der Waals surface area contributed by atoms with Crippen molar-refractivity contribution in [2.45, 2.75) is 44.2 Å². The largest absolute Gasteiger partial charge is 0.374 e. The number of benzene rings is 1. The minimum absolute atomic E-state index is 0.0300. The van der Waals surface area contributed by atoms with Gasteiger partial charge >= 0.3 is 0 Å². The van der Waals surface area contributed by atoms with Crippen molar-refractivity contribution >= 4 is 30.6 Å². The van der Waals surface area contributed by atoms with Crippen LogP contribution in [0.5, 0.6) is 0 Å². The first kappa shape index (κ1) is 19.7. The minimum atomic E-state index is -3.14. The molecule has 2 aliphatic rings. The zero-order valence-electron chi connectivity index (χ0n) is 14.3. The molecule has 3 atom stereocenters. The lowest BCUT2D eigenvalue weighted by atomic mass is 9.91. The third-order valence-electron chi connectivity index (χ3n) is 5.19. The molecule has 7 heteroatoms. The summed E-state index contributed by atoms with van der Waals surface area (Å²) in [5.74, 6) is 0.407. The summed E-state index contributed by atoms with van der Waals surface area (Å²) < 4.78 is 18.5. The summed E-state index contributed by atoms with van der Waals surface area (Å²) in [7, 11) is -3.14. The second-order valence-electron chi connectivity index (χ2n) is 7.31. The molecule has 0 amide bonds. The van der Waals surface area contributed by atoms with E-state index in [1.807, 2.05) is 12.1 Å². The molecule has 1 saturated carbocycles. The summed E-state index contributed by atoms with van der Waals surface area (Å²) in [6.45, 7) is 1.03. The van der Waals surface area contributed by atoms with Crippen molar-refractivity contribution in [1.29, 1.82) is 0 Å². The van der Waals surface area contributed by atoms with Gasteiger partial charge in [0, 0.05) is 12.7 Å². The maximum Gasteiger partial charge on any atom is 0.203 e. The molecule has 1 saturated heterocycles. The predicted octanol–water partition coefficient (Wildman–Crippen LogP) is 4.87. The van der Waals surface area contributed by atoms with Crippen molar-refractivity contribution in [3.63, 3.8) is 0 Å². The molecule has 0 spiro atoms. The van der Waals surface area contributed by atoms with Gasteiger partial charge in [0.25, 0.3) is 0 Å². The maximum atomic E-state index is 12.6.